The largest absolute Gasteiger partial charge is 0.373 e. The lowest BCUT2D eigenvalue weighted by Gasteiger charge is -2.10. The van der Waals surface area contributed by atoms with Gasteiger partial charge in [-0.1, -0.05) is 0 Å². The number of anilines is 1. The van der Waals surface area contributed by atoms with Crippen LogP contribution in [0.2, 0.25) is 0 Å². The first-order chi connectivity index (χ1) is 5.11. The third-order valence-electron chi connectivity index (χ3n) is 1.27. The van der Waals surface area contributed by atoms with Gasteiger partial charge in [0.25, 0.3) is 5.56 Å². The van der Waals surface area contributed by atoms with E-state index in [0.717, 1.165) is 0 Å². The molecule has 60 valence electrons. The number of aliphatic hydroxyl groups excluding tert-OH is 1. The van der Waals surface area contributed by atoms with Gasteiger partial charge in [-0.05, 0) is 6.92 Å². The Morgan fingerprint density at radius 1 is 1.82 bits per heavy atom. The van der Waals surface area contributed by atoms with Crippen molar-refractivity contribution in [1.29, 1.82) is 0 Å². The molecule has 0 aromatic carbocycles. The fraction of sp³-hybridized carbons (Fsp3) is 0.333. The summed E-state index contributed by atoms with van der Waals surface area (Å²) >= 11 is 0. The van der Waals surface area contributed by atoms with Gasteiger partial charge in [0.05, 0.1) is 0 Å². The first-order valence-corrected chi connectivity index (χ1v) is 3.14. The molecule has 11 heavy (non-hydrogen) atoms. The van der Waals surface area contributed by atoms with Crippen molar-refractivity contribution >= 4 is 5.95 Å². The summed E-state index contributed by atoms with van der Waals surface area (Å²) in [7, 11) is 0. The first kappa shape index (κ1) is 7.74. The summed E-state index contributed by atoms with van der Waals surface area (Å²) < 4.78 is 1.29. The number of hydrogen-bond donors (Lipinski definition) is 2. The molecule has 1 aromatic heterocycles. The molecule has 0 saturated carbocycles. The second-order valence-corrected chi connectivity index (χ2v) is 2.16. The van der Waals surface area contributed by atoms with E-state index in [1.54, 1.807) is 0 Å². The topological polar surface area (TPSA) is 81.1 Å². The molecule has 0 aliphatic rings. The molecular formula is C6H9N3O2. The fourth-order valence-electron chi connectivity index (χ4n) is 0.744. The average molecular weight is 155 g/mol. The SMILES string of the molecule is CC(O)n1ccc(=O)nc1N. The van der Waals surface area contributed by atoms with Crippen LogP contribution in [0.15, 0.2) is 17.1 Å². The zero-order chi connectivity index (χ0) is 8.43. The molecule has 1 atom stereocenters. The van der Waals surface area contributed by atoms with Crippen molar-refractivity contribution in [1.82, 2.24) is 9.55 Å². The Kier molecular flexibility index (Phi) is 1.91. The molecule has 3 N–H and O–H groups in total. The van der Waals surface area contributed by atoms with Crippen LogP contribution in [0.5, 0.6) is 0 Å². The van der Waals surface area contributed by atoms with E-state index < -0.39 is 11.8 Å². The van der Waals surface area contributed by atoms with Gasteiger partial charge in [-0.3, -0.25) is 9.36 Å². The van der Waals surface area contributed by atoms with Crippen molar-refractivity contribution < 1.29 is 5.11 Å². The lowest BCUT2D eigenvalue weighted by atomic mass is 10.5. The van der Waals surface area contributed by atoms with Crippen LogP contribution >= 0.6 is 0 Å². The molecule has 0 saturated heterocycles. The number of aromatic nitrogens is 2. The van der Waals surface area contributed by atoms with Gasteiger partial charge in [0, 0.05) is 12.3 Å². The van der Waals surface area contributed by atoms with Crippen LogP contribution in [0.4, 0.5) is 5.95 Å². The summed E-state index contributed by atoms with van der Waals surface area (Å²) in [6.45, 7) is 1.53. The van der Waals surface area contributed by atoms with Crippen LogP contribution in [-0.2, 0) is 0 Å². The smallest absolute Gasteiger partial charge is 0.274 e. The van der Waals surface area contributed by atoms with Crippen LogP contribution in [0, 0.1) is 0 Å². The lowest BCUT2D eigenvalue weighted by Crippen LogP contribution is -2.17. The third kappa shape index (κ3) is 1.56. The van der Waals surface area contributed by atoms with E-state index in [0.29, 0.717) is 0 Å². The second-order valence-electron chi connectivity index (χ2n) is 2.16. The van der Waals surface area contributed by atoms with Gasteiger partial charge in [-0.2, -0.15) is 4.98 Å². The summed E-state index contributed by atoms with van der Waals surface area (Å²) in [6, 6.07) is 1.24. The van der Waals surface area contributed by atoms with Gasteiger partial charge < -0.3 is 10.8 Å². The van der Waals surface area contributed by atoms with Crippen LogP contribution in [0.25, 0.3) is 0 Å². The standard InChI is InChI=1S/C6H9N3O2/c1-4(10)9-3-2-5(11)8-6(9)7/h2-4,10H,1H3,(H2,7,8,11). The molecule has 0 fully saturated rings. The van der Waals surface area contributed by atoms with Gasteiger partial charge in [0.1, 0.15) is 6.23 Å². The van der Waals surface area contributed by atoms with Gasteiger partial charge in [-0.25, -0.2) is 0 Å². The van der Waals surface area contributed by atoms with Crippen LogP contribution in [0.3, 0.4) is 0 Å². The Morgan fingerprint density at radius 2 is 2.45 bits per heavy atom. The number of hydrogen-bond acceptors (Lipinski definition) is 4. The molecule has 0 aliphatic carbocycles. The van der Waals surface area contributed by atoms with Gasteiger partial charge in [0.2, 0.25) is 5.95 Å². The van der Waals surface area contributed by atoms with Crippen molar-refractivity contribution in [2.24, 2.45) is 0 Å². The highest BCUT2D eigenvalue weighted by Gasteiger charge is 2.01. The van der Waals surface area contributed by atoms with Crippen LogP contribution < -0.4 is 11.3 Å². The number of aliphatic hydroxyl groups is 1. The summed E-state index contributed by atoms with van der Waals surface area (Å²) in [5.74, 6) is 0.0208. The minimum atomic E-state index is -0.761. The molecular weight excluding hydrogens is 146 g/mol. The predicted molar refractivity (Wildman–Crippen MR) is 39.8 cm³/mol. The van der Waals surface area contributed by atoms with Gasteiger partial charge in [0.15, 0.2) is 0 Å². The Bertz CT molecular complexity index is 305. The molecule has 0 radical (unpaired) electrons. The zero-order valence-corrected chi connectivity index (χ0v) is 6.06. The van der Waals surface area contributed by atoms with Crippen LogP contribution in [-0.4, -0.2) is 14.7 Å². The van der Waals surface area contributed by atoms with E-state index in [9.17, 15) is 4.79 Å². The molecule has 1 rings (SSSR count). The van der Waals surface area contributed by atoms with E-state index in [1.165, 1.54) is 23.8 Å². The van der Waals surface area contributed by atoms with Crippen molar-refractivity contribution in [2.75, 3.05) is 5.73 Å². The second kappa shape index (κ2) is 2.71. The lowest BCUT2D eigenvalue weighted by molar-refractivity contribution is 0.125. The normalized spacial score (nSPS) is 12.9. The number of nitrogens with two attached hydrogens (primary N) is 1. The molecule has 0 spiro atoms. The van der Waals surface area contributed by atoms with E-state index in [-0.39, 0.29) is 5.95 Å². The quantitative estimate of drug-likeness (QED) is 0.564. The van der Waals surface area contributed by atoms with Crippen molar-refractivity contribution in [3.05, 3.63) is 22.6 Å². The van der Waals surface area contributed by atoms with E-state index >= 15 is 0 Å². The Morgan fingerprint density at radius 3 is 2.91 bits per heavy atom. The van der Waals surface area contributed by atoms with Crippen LogP contribution in [0.1, 0.15) is 13.2 Å². The Balaban J connectivity index is 3.20. The van der Waals surface area contributed by atoms with Crippen molar-refractivity contribution in [3.8, 4) is 0 Å². The Labute approximate surface area is 63.1 Å². The maximum atomic E-state index is 10.6. The average Bonchev–Trinajstić information content (AvgIpc) is 1.85. The van der Waals surface area contributed by atoms with Gasteiger partial charge >= 0.3 is 0 Å². The highest BCUT2D eigenvalue weighted by atomic mass is 16.3. The minimum absolute atomic E-state index is 0.0208. The van der Waals surface area contributed by atoms with E-state index in [2.05, 4.69) is 4.98 Å². The third-order valence-corrected chi connectivity index (χ3v) is 1.27. The number of nitrogens with zero attached hydrogens (tertiary/aromatic N) is 2. The fourth-order valence-corrected chi connectivity index (χ4v) is 0.744. The summed E-state index contributed by atoms with van der Waals surface area (Å²) in [6.07, 6.45) is 0.637. The van der Waals surface area contributed by atoms with Crippen molar-refractivity contribution in [2.45, 2.75) is 13.2 Å². The van der Waals surface area contributed by atoms with E-state index in [4.69, 9.17) is 10.8 Å². The molecule has 1 unspecified atom stereocenters. The summed E-state index contributed by atoms with van der Waals surface area (Å²) in [5, 5.41) is 9.04. The van der Waals surface area contributed by atoms with E-state index in [1.807, 2.05) is 0 Å². The Hall–Kier alpha value is -1.36. The van der Waals surface area contributed by atoms with Crippen molar-refractivity contribution in [3.63, 3.8) is 0 Å². The number of nitrogen functional groups attached to an aromatic ring is 1. The van der Waals surface area contributed by atoms with Gasteiger partial charge in [-0.15, -0.1) is 0 Å². The zero-order valence-electron chi connectivity index (χ0n) is 6.06. The minimum Gasteiger partial charge on any atom is -0.373 e. The molecule has 0 amide bonds. The monoisotopic (exact) mass is 155 g/mol. The molecule has 1 heterocycles. The maximum absolute atomic E-state index is 10.6. The summed E-state index contributed by atoms with van der Waals surface area (Å²) in [5.41, 5.74) is 4.91. The molecule has 0 bridgehead atoms. The predicted octanol–water partition coefficient (Wildman–Crippen LogP) is -0.664. The molecule has 5 heteroatoms. The highest BCUT2D eigenvalue weighted by Crippen LogP contribution is 2.02. The maximum Gasteiger partial charge on any atom is 0.274 e. The highest BCUT2D eigenvalue weighted by molar-refractivity contribution is 5.16. The molecule has 1 aromatic rings. The molecule has 0 aliphatic heterocycles. The molecule has 5 nitrogen and oxygen atoms in total. The summed E-state index contributed by atoms with van der Waals surface area (Å²) in [4.78, 5) is 14.0. The number of rotatable bonds is 1. The first-order valence-electron chi connectivity index (χ1n) is 3.14.